The number of ether oxygens (including phenoxy) is 1. The molecule has 74 valence electrons. The summed E-state index contributed by atoms with van der Waals surface area (Å²) in [6.07, 6.45) is 1.13. The molecule has 0 atom stereocenters. The molecule has 0 spiro atoms. The third kappa shape index (κ3) is 1.82. The minimum Gasteiger partial charge on any atom is -0.496 e. The fourth-order valence-corrected chi connectivity index (χ4v) is 1.13. The van der Waals surface area contributed by atoms with Gasteiger partial charge in [-0.3, -0.25) is 4.79 Å². The lowest BCUT2D eigenvalue weighted by Crippen LogP contribution is -2.00. The maximum absolute atomic E-state index is 13.2. The van der Waals surface area contributed by atoms with Gasteiger partial charge in [-0.1, -0.05) is 6.58 Å². The number of allylic oxidation sites excluding steroid dienone is 1. The zero-order chi connectivity index (χ0) is 10.7. The first-order valence-corrected chi connectivity index (χ1v) is 4.11. The highest BCUT2D eigenvalue weighted by molar-refractivity contribution is 6.06. The van der Waals surface area contributed by atoms with Gasteiger partial charge in [-0.25, -0.2) is 4.39 Å². The molecule has 14 heavy (non-hydrogen) atoms. The van der Waals surface area contributed by atoms with E-state index in [2.05, 4.69) is 6.58 Å². The number of hydrogen-bond donors (Lipinski definition) is 0. The van der Waals surface area contributed by atoms with Crippen LogP contribution in [0.25, 0.3) is 0 Å². The second-order valence-electron chi connectivity index (χ2n) is 2.87. The normalized spacial score (nSPS) is 9.64. The van der Waals surface area contributed by atoms with Crippen molar-refractivity contribution in [2.45, 2.75) is 6.92 Å². The Morgan fingerprint density at radius 2 is 2.21 bits per heavy atom. The van der Waals surface area contributed by atoms with E-state index in [1.807, 2.05) is 0 Å². The number of rotatable bonds is 3. The number of hydrogen-bond acceptors (Lipinski definition) is 2. The summed E-state index contributed by atoms with van der Waals surface area (Å²) in [6.45, 7) is 4.95. The minimum atomic E-state index is -0.420. The van der Waals surface area contributed by atoms with Crippen LogP contribution in [0.1, 0.15) is 15.9 Å². The van der Waals surface area contributed by atoms with Gasteiger partial charge in [0.2, 0.25) is 0 Å². The fraction of sp³-hybridized carbons (Fsp3) is 0.182. The van der Waals surface area contributed by atoms with Gasteiger partial charge in [0.15, 0.2) is 5.78 Å². The molecule has 0 aliphatic heterocycles. The lowest BCUT2D eigenvalue weighted by Gasteiger charge is -2.07. The predicted molar refractivity (Wildman–Crippen MR) is 52.2 cm³/mol. The van der Waals surface area contributed by atoms with Crippen molar-refractivity contribution >= 4 is 5.78 Å². The first kappa shape index (κ1) is 10.4. The van der Waals surface area contributed by atoms with E-state index in [9.17, 15) is 9.18 Å². The highest BCUT2D eigenvalue weighted by Crippen LogP contribution is 2.23. The highest BCUT2D eigenvalue weighted by atomic mass is 19.1. The molecule has 0 saturated carbocycles. The number of carbonyl (C=O) groups is 1. The summed E-state index contributed by atoms with van der Waals surface area (Å²) in [5, 5.41) is 0. The van der Waals surface area contributed by atoms with E-state index in [1.54, 1.807) is 6.92 Å². The molecule has 0 unspecified atom stereocenters. The second-order valence-corrected chi connectivity index (χ2v) is 2.87. The third-order valence-electron chi connectivity index (χ3n) is 1.93. The SMILES string of the molecule is C=CC(=O)c1cc(F)c(C)cc1OC. The molecule has 0 saturated heterocycles. The van der Waals surface area contributed by atoms with Crippen molar-refractivity contribution in [2.75, 3.05) is 7.11 Å². The van der Waals surface area contributed by atoms with Crippen LogP contribution >= 0.6 is 0 Å². The van der Waals surface area contributed by atoms with E-state index in [0.29, 0.717) is 11.3 Å². The van der Waals surface area contributed by atoms with Crippen molar-refractivity contribution in [2.24, 2.45) is 0 Å². The predicted octanol–water partition coefficient (Wildman–Crippen LogP) is 2.51. The zero-order valence-electron chi connectivity index (χ0n) is 8.13. The molecule has 0 N–H and O–H groups in total. The molecule has 0 radical (unpaired) electrons. The lowest BCUT2D eigenvalue weighted by molar-refractivity contribution is 0.104. The van der Waals surface area contributed by atoms with Crippen LogP contribution in [0.2, 0.25) is 0 Å². The van der Waals surface area contributed by atoms with Gasteiger partial charge in [0.1, 0.15) is 11.6 Å². The molecular weight excluding hydrogens is 183 g/mol. The van der Waals surface area contributed by atoms with Gasteiger partial charge >= 0.3 is 0 Å². The monoisotopic (exact) mass is 194 g/mol. The van der Waals surface area contributed by atoms with Crippen molar-refractivity contribution in [3.63, 3.8) is 0 Å². The van der Waals surface area contributed by atoms with E-state index in [0.717, 1.165) is 12.1 Å². The number of halogens is 1. The van der Waals surface area contributed by atoms with Crippen LogP contribution in [0.3, 0.4) is 0 Å². The van der Waals surface area contributed by atoms with Crippen molar-refractivity contribution < 1.29 is 13.9 Å². The molecule has 0 bridgehead atoms. The van der Waals surface area contributed by atoms with Crippen molar-refractivity contribution in [1.29, 1.82) is 0 Å². The van der Waals surface area contributed by atoms with Crippen LogP contribution in [0.15, 0.2) is 24.8 Å². The van der Waals surface area contributed by atoms with E-state index in [-0.39, 0.29) is 11.3 Å². The topological polar surface area (TPSA) is 26.3 Å². The lowest BCUT2D eigenvalue weighted by atomic mass is 10.1. The Labute approximate surface area is 82.0 Å². The van der Waals surface area contributed by atoms with E-state index < -0.39 is 5.82 Å². The molecule has 1 aromatic rings. The number of benzene rings is 1. The molecule has 1 rings (SSSR count). The number of carbonyl (C=O) groups excluding carboxylic acids is 1. The molecule has 0 aliphatic carbocycles. The van der Waals surface area contributed by atoms with Gasteiger partial charge in [0, 0.05) is 0 Å². The quantitative estimate of drug-likeness (QED) is 0.546. The van der Waals surface area contributed by atoms with Gasteiger partial charge in [0.25, 0.3) is 0 Å². The van der Waals surface area contributed by atoms with Crippen molar-refractivity contribution in [3.05, 3.63) is 41.7 Å². The third-order valence-corrected chi connectivity index (χ3v) is 1.93. The van der Waals surface area contributed by atoms with Crippen LogP contribution in [-0.4, -0.2) is 12.9 Å². The Morgan fingerprint density at radius 1 is 1.57 bits per heavy atom. The fourth-order valence-electron chi connectivity index (χ4n) is 1.13. The number of aryl methyl sites for hydroxylation is 1. The second kappa shape index (κ2) is 4.05. The molecule has 2 nitrogen and oxygen atoms in total. The van der Waals surface area contributed by atoms with Gasteiger partial charge in [-0.05, 0) is 30.7 Å². The standard InChI is InChI=1S/C11H11FO2/c1-4-10(13)8-6-9(12)7(2)5-11(8)14-3/h4-6H,1H2,2-3H3. The zero-order valence-corrected chi connectivity index (χ0v) is 8.13. The summed E-state index contributed by atoms with van der Waals surface area (Å²) in [4.78, 5) is 11.3. The Kier molecular flexibility index (Phi) is 3.02. The summed E-state index contributed by atoms with van der Waals surface area (Å²) in [5.74, 6) is -0.398. The Hall–Kier alpha value is -1.64. The Morgan fingerprint density at radius 3 is 2.71 bits per heavy atom. The molecule has 0 aromatic heterocycles. The van der Waals surface area contributed by atoms with Crippen molar-refractivity contribution in [3.8, 4) is 5.75 Å². The summed E-state index contributed by atoms with van der Waals surface area (Å²) in [5.41, 5.74) is 0.646. The van der Waals surface area contributed by atoms with E-state index in [1.165, 1.54) is 13.2 Å². The molecule has 0 heterocycles. The molecular formula is C11H11FO2. The Balaban J connectivity index is 3.33. The maximum Gasteiger partial charge on any atom is 0.189 e. The molecule has 0 aliphatic rings. The largest absolute Gasteiger partial charge is 0.496 e. The van der Waals surface area contributed by atoms with Crippen LogP contribution in [0.5, 0.6) is 5.75 Å². The minimum absolute atomic E-state index is 0.200. The Bertz CT molecular complexity index is 383. The van der Waals surface area contributed by atoms with Crippen LogP contribution in [-0.2, 0) is 0 Å². The molecule has 3 heteroatoms. The summed E-state index contributed by atoms with van der Waals surface area (Å²) in [6, 6.07) is 2.66. The van der Waals surface area contributed by atoms with Crippen LogP contribution in [0.4, 0.5) is 4.39 Å². The van der Waals surface area contributed by atoms with E-state index >= 15 is 0 Å². The first-order valence-electron chi connectivity index (χ1n) is 4.11. The summed E-state index contributed by atoms with van der Waals surface area (Å²) in [7, 11) is 1.44. The molecule has 0 fully saturated rings. The number of methoxy groups -OCH3 is 1. The van der Waals surface area contributed by atoms with Gasteiger partial charge < -0.3 is 4.74 Å². The van der Waals surface area contributed by atoms with Gasteiger partial charge in [-0.15, -0.1) is 0 Å². The average molecular weight is 194 g/mol. The smallest absolute Gasteiger partial charge is 0.189 e. The molecule has 1 aromatic carbocycles. The van der Waals surface area contributed by atoms with Crippen molar-refractivity contribution in [1.82, 2.24) is 0 Å². The van der Waals surface area contributed by atoms with Gasteiger partial charge in [-0.2, -0.15) is 0 Å². The number of ketones is 1. The maximum atomic E-state index is 13.2. The molecule has 0 amide bonds. The van der Waals surface area contributed by atoms with E-state index in [4.69, 9.17) is 4.74 Å². The summed E-state index contributed by atoms with van der Waals surface area (Å²) < 4.78 is 18.1. The summed E-state index contributed by atoms with van der Waals surface area (Å²) >= 11 is 0. The van der Waals surface area contributed by atoms with Crippen LogP contribution < -0.4 is 4.74 Å². The first-order chi connectivity index (χ1) is 6.60. The van der Waals surface area contributed by atoms with Gasteiger partial charge in [0.05, 0.1) is 12.7 Å². The average Bonchev–Trinajstić information content (AvgIpc) is 2.20. The van der Waals surface area contributed by atoms with Crippen LogP contribution in [0, 0.1) is 12.7 Å². The highest BCUT2D eigenvalue weighted by Gasteiger charge is 2.12.